The Hall–Kier alpha value is -3.84. The molecule has 0 unspecified atom stereocenters. The number of carbonyl (C=O) groups is 1. The average Bonchev–Trinajstić information content (AvgIpc) is 3.06. The van der Waals surface area contributed by atoms with E-state index in [4.69, 9.17) is 16.7 Å². The van der Waals surface area contributed by atoms with Crippen molar-refractivity contribution in [3.8, 4) is 11.4 Å². The summed E-state index contributed by atoms with van der Waals surface area (Å²) >= 11 is 6.81. The van der Waals surface area contributed by atoms with Gasteiger partial charge < -0.3 is 14.4 Å². The largest absolute Gasteiger partial charge is 0.511 e. The molecule has 0 atom stereocenters. The summed E-state index contributed by atoms with van der Waals surface area (Å²) in [7, 11) is 1.56. The molecule has 0 amide bonds. The second kappa shape index (κ2) is 8.74. The Balaban J connectivity index is 1.93. The SMILES string of the molecule is Cn1c(=O)sc2cc(-n3cc(OC(=O)O)c(=O)n(Cc4cccc(C(F)(F)F)c4Cl)c3=O)ccc21. The second-order valence-electron chi connectivity index (χ2n) is 7.26. The highest BCUT2D eigenvalue weighted by molar-refractivity contribution is 7.16. The molecule has 182 valence electrons. The van der Waals surface area contributed by atoms with Gasteiger partial charge in [0.25, 0.3) is 5.56 Å². The fourth-order valence-electron chi connectivity index (χ4n) is 3.43. The molecule has 0 spiro atoms. The number of fused-ring (bicyclic) bond motifs is 1. The number of thiazole rings is 1. The molecule has 0 radical (unpaired) electrons. The predicted molar refractivity (Wildman–Crippen MR) is 121 cm³/mol. The Labute approximate surface area is 201 Å². The van der Waals surface area contributed by atoms with Crippen molar-refractivity contribution in [3.05, 3.63) is 89.3 Å². The number of halogens is 4. The molecule has 0 aliphatic rings. The van der Waals surface area contributed by atoms with E-state index in [2.05, 4.69) is 4.74 Å². The van der Waals surface area contributed by atoms with Crippen molar-refractivity contribution in [3.63, 3.8) is 0 Å². The molecular weight excluding hydrogens is 515 g/mol. The van der Waals surface area contributed by atoms with Crippen molar-refractivity contribution < 1.29 is 27.8 Å². The fraction of sp³-hybridized carbons (Fsp3) is 0.143. The third-order valence-corrected chi connectivity index (χ3v) is 6.54. The molecule has 0 aliphatic heterocycles. The first-order valence-corrected chi connectivity index (χ1v) is 10.8. The Morgan fingerprint density at radius 2 is 1.89 bits per heavy atom. The maximum absolute atomic E-state index is 13.2. The Morgan fingerprint density at radius 1 is 1.17 bits per heavy atom. The lowest BCUT2D eigenvalue weighted by Gasteiger charge is -2.15. The van der Waals surface area contributed by atoms with E-state index in [9.17, 15) is 32.3 Å². The molecule has 14 heteroatoms. The maximum Gasteiger partial charge on any atom is 0.511 e. The van der Waals surface area contributed by atoms with Crippen LogP contribution in [0.4, 0.5) is 18.0 Å². The Bertz CT molecular complexity index is 1670. The lowest BCUT2D eigenvalue weighted by atomic mass is 10.1. The molecule has 0 saturated carbocycles. The minimum atomic E-state index is -4.78. The summed E-state index contributed by atoms with van der Waals surface area (Å²) in [5.41, 5.74) is -2.81. The van der Waals surface area contributed by atoms with Crippen molar-refractivity contribution in [2.24, 2.45) is 7.05 Å². The van der Waals surface area contributed by atoms with Crippen molar-refractivity contribution in [2.75, 3.05) is 0 Å². The number of alkyl halides is 3. The highest BCUT2D eigenvalue weighted by Crippen LogP contribution is 2.36. The smallest absolute Gasteiger partial charge is 0.449 e. The number of rotatable bonds is 4. The quantitative estimate of drug-likeness (QED) is 0.405. The van der Waals surface area contributed by atoms with Gasteiger partial charge in [0, 0.05) is 7.05 Å². The Morgan fingerprint density at radius 3 is 2.54 bits per heavy atom. The van der Waals surface area contributed by atoms with E-state index in [1.165, 1.54) is 22.8 Å². The highest BCUT2D eigenvalue weighted by Gasteiger charge is 2.34. The zero-order valence-corrected chi connectivity index (χ0v) is 19.1. The van der Waals surface area contributed by atoms with E-state index in [1.807, 2.05) is 0 Å². The summed E-state index contributed by atoms with van der Waals surface area (Å²) in [6.07, 6.45) is -5.76. The van der Waals surface area contributed by atoms with Gasteiger partial charge in [-0.05, 0) is 29.8 Å². The number of carboxylic acid groups (broad SMARTS) is 1. The van der Waals surface area contributed by atoms with Gasteiger partial charge in [0.05, 0.1) is 39.2 Å². The first-order chi connectivity index (χ1) is 16.4. The van der Waals surface area contributed by atoms with E-state index < -0.39 is 46.5 Å². The molecule has 0 aliphatic carbocycles. The van der Waals surface area contributed by atoms with E-state index in [0.29, 0.717) is 14.8 Å². The molecule has 9 nitrogen and oxygen atoms in total. The molecule has 2 aromatic heterocycles. The fourth-order valence-corrected chi connectivity index (χ4v) is 4.64. The molecular formula is C21H13ClF3N3O6S. The number of aromatic nitrogens is 3. The van der Waals surface area contributed by atoms with Crippen molar-refractivity contribution >= 4 is 39.3 Å². The van der Waals surface area contributed by atoms with E-state index in [1.54, 1.807) is 13.1 Å². The summed E-state index contributed by atoms with van der Waals surface area (Å²) < 4.78 is 47.6. The van der Waals surface area contributed by atoms with Crippen LogP contribution in [0.25, 0.3) is 15.9 Å². The number of aryl methyl sites for hydroxylation is 1. The molecule has 2 heterocycles. The van der Waals surface area contributed by atoms with Gasteiger partial charge in [-0.15, -0.1) is 0 Å². The zero-order chi connectivity index (χ0) is 25.7. The van der Waals surface area contributed by atoms with Crippen LogP contribution in [0.1, 0.15) is 11.1 Å². The molecule has 4 rings (SSSR count). The van der Waals surface area contributed by atoms with E-state index in [0.717, 1.165) is 34.2 Å². The van der Waals surface area contributed by atoms with Gasteiger partial charge in [-0.3, -0.25) is 18.7 Å². The van der Waals surface area contributed by atoms with Crippen LogP contribution in [-0.4, -0.2) is 25.0 Å². The van der Waals surface area contributed by atoms with Crippen LogP contribution in [0.3, 0.4) is 0 Å². The van der Waals surface area contributed by atoms with Crippen LogP contribution < -0.4 is 20.9 Å². The van der Waals surface area contributed by atoms with Crippen LogP contribution in [0.5, 0.6) is 5.75 Å². The third kappa shape index (κ3) is 4.47. The van der Waals surface area contributed by atoms with Gasteiger partial charge in [-0.1, -0.05) is 35.1 Å². The minimum Gasteiger partial charge on any atom is -0.449 e. The van der Waals surface area contributed by atoms with Crippen LogP contribution >= 0.6 is 22.9 Å². The summed E-state index contributed by atoms with van der Waals surface area (Å²) in [6.45, 7) is -0.696. The average molecular weight is 528 g/mol. The zero-order valence-electron chi connectivity index (χ0n) is 17.5. The van der Waals surface area contributed by atoms with Gasteiger partial charge in [0.15, 0.2) is 0 Å². The van der Waals surface area contributed by atoms with Crippen molar-refractivity contribution in [2.45, 2.75) is 12.7 Å². The lowest BCUT2D eigenvalue weighted by Crippen LogP contribution is -2.40. The molecule has 35 heavy (non-hydrogen) atoms. The summed E-state index contributed by atoms with van der Waals surface area (Å²) in [6, 6.07) is 7.48. The number of nitrogens with zero attached hydrogens (tertiary/aromatic N) is 3. The number of hydrogen-bond acceptors (Lipinski definition) is 6. The Kier molecular flexibility index (Phi) is 6.07. The predicted octanol–water partition coefficient (Wildman–Crippen LogP) is 3.69. The summed E-state index contributed by atoms with van der Waals surface area (Å²) in [5, 5.41) is 8.30. The molecule has 2 aromatic carbocycles. The minimum absolute atomic E-state index is 0.156. The number of benzene rings is 2. The number of hydrogen-bond donors (Lipinski definition) is 1. The summed E-state index contributed by atoms with van der Waals surface area (Å²) in [4.78, 5) is 48.8. The van der Waals surface area contributed by atoms with Gasteiger partial charge in [-0.2, -0.15) is 13.2 Å². The van der Waals surface area contributed by atoms with Crippen molar-refractivity contribution in [1.82, 2.24) is 13.7 Å². The van der Waals surface area contributed by atoms with E-state index >= 15 is 0 Å². The lowest BCUT2D eigenvalue weighted by molar-refractivity contribution is -0.137. The second-order valence-corrected chi connectivity index (χ2v) is 8.63. The normalized spacial score (nSPS) is 11.7. The molecule has 0 bridgehead atoms. The van der Waals surface area contributed by atoms with Crippen molar-refractivity contribution in [1.29, 1.82) is 0 Å². The molecule has 1 N–H and O–H groups in total. The molecule has 0 saturated heterocycles. The van der Waals surface area contributed by atoms with Crippen LogP contribution in [0, 0.1) is 0 Å². The van der Waals surface area contributed by atoms with Gasteiger partial charge in [0.2, 0.25) is 5.75 Å². The maximum atomic E-state index is 13.2. The monoisotopic (exact) mass is 527 g/mol. The topological polar surface area (TPSA) is 113 Å². The standard InChI is InChI=1S/C21H13ClF3N3O6S/c1-26-13-6-5-11(7-15(13)35-19(26)31)27-9-14(34-20(32)33)17(29)28(18(27)30)8-10-3-2-4-12(16(10)22)21(23,24)25/h2-7,9H,8H2,1H3,(H,32,33). The van der Waals surface area contributed by atoms with Crippen LogP contribution in [0.2, 0.25) is 5.02 Å². The third-order valence-electron chi connectivity index (χ3n) is 5.10. The summed E-state index contributed by atoms with van der Waals surface area (Å²) in [5.74, 6) is -0.762. The number of ether oxygens (including phenoxy) is 1. The first-order valence-electron chi connectivity index (χ1n) is 9.60. The first kappa shape index (κ1) is 24.3. The van der Waals surface area contributed by atoms with E-state index in [-0.39, 0.29) is 16.1 Å². The molecule has 0 fully saturated rings. The van der Waals surface area contributed by atoms with Gasteiger partial charge >= 0.3 is 22.9 Å². The van der Waals surface area contributed by atoms with Crippen LogP contribution in [-0.2, 0) is 19.8 Å². The van der Waals surface area contributed by atoms with Gasteiger partial charge in [-0.25, -0.2) is 9.59 Å². The van der Waals surface area contributed by atoms with Crippen LogP contribution in [0.15, 0.2) is 57.0 Å². The van der Waals surface area contributed by atoms with Gasteiger partial charge in [0.1, 0.15) is 0 Å². The molecule has 4 aromatic rings. The highest BCUT2D eigenvalue weighted by atomic mass is 35.5.